The molecule has 0 saturated carbocycles. The minimum absolute atomic E-state index is 0.204. The molecule has 0 aromatic heterocycles. The number of benzene rings is 1. The molecule has 1 rings (SSSR count). The maximum atomic E-state index is 13.7. The molecule has 0 aliphatic carbocycles. The zero-order valence-corrected chi connectivity index (χ0v) is 10.8. The predicted octanol–water partition coefficient (Wildman–Crippen LogP) is 3.89. The van der Waals surface area contributed by atoms with Gasteiger partial charge in [0, 0.05) is 11.6 Å². The van der Waals surface area contributed by atoms with E-state index in [-0.39, 0.29) is 6.04 Å². The minimum atomic E-state index is -0.503. The maximum absolute atomic E-state index is 13.7. The van der Waals surface area contributed by atoms with E-state index in [4.69, 9.17) is 0 Å². The Balaban J connectivity index is 3.18. The monoisotopic (exact) mass is 239 g/mol. The number of nitrogens with one attached hydrogen (secondary N) is 1. The van der Waals surface area contributed by atoms with Crippen LogP contribution in [0, 0.1) is 18.6 Å². The number of halogens is 2. The van der Waals surface area contributed by atoms with Crippen LogP contribution in [0.5, 0.6) is 0 Å². The van der Waals surface area contributed by atoms with Gasteiger partial charge in [0.2, 0.25) is 0 Å². The molecule has 0 aliphatic heterocycles. The smallest absolute Gasteiger partial charge is 0.131 e. The molecule has 0 aliphatic rings. The van der Waals surface area contributed by atoms with Crippen LogP contribution in [0.25, 0.3) is 0 Å². The fourth-order valence-corrected chi connectivity index (χ4v) is 1.73. The average molecular weight is 239 g/mol. The van der Waals surface area contributed by atoms with Gasteiger partial charge >= 0.3 is 0 Å². The highest BCUT2D eigenvalue weighted by Gasteiger charge is 2.14. The lowest BCUT2D eigenvalue weighted by Crippen LogP contribution is -2.20. The molecule has 1 N–H and O–H groups in total. The molecule has 0 fully saturated rings. The molecule has 1 nitrogen and oxygen atoms in total. The van der Waals surface area contributed by atoms with Gasteiger partial charge in [0.25, 0.3) is 0 Å². The third kappa shape index (κ3) is 3.63. The Bertz CT molecular complexity index is 420. The van der Waals surface area contributed by atoms with Gasteiger partial charge in [-0.3, -0.25) is 0 Å². The van der Waals surface area contributed by atoms with Crippen molar-refractivity contribution in [3.8, 4) is 0 Å². The normalized spacial score (nSPS) is 12.4. The first-order chi connectivity index (χ1) is 7.95. The van der Waals surface area contributed by atoms with Crippen LogP contribution in [0.4, 0.5) is 8.78 Å². The molecule has 1 atom stereocenters. The van der Waals surface area contributed by atoms with Gasteiger partial charge in [-0.15, -0.1) is 0 Å². The maximum Gasteiger partial charge on any atom is 0.131 e. The van der Waals surface area contributed by atoms with Crippen LogP contribution < -0.4 is 5.32 Å². The molecule has 0 heterocycles. The number of likely N-dealkylation sites (N-methyl/N-ethyl adjacent to an activating group) is 1. The Morgan fingerprint density at radius 2 is 1.94 bits per heavy atom. The predicted molar refractivity (Wildman–Crippen MR) is 66.9 cm³/mol. The minimum Gasteiger partial charge on any atom is -0.307 e. The highest BCUT2D eigenvalue weighted by atomic mass is 19.1. The zero-order chi connectivity index (χ0) is 13.0. The van der Waals surface area contributed by atoms with Crippen molar-refractivity contribution >= 4 is 0 Å². The van der Waals surface area contributed by atoms with E-state index >= 15 is 0 Å². The van der Waals surface area contributed by atoms with E-state index in [0.717, 1.165) is 18.2 Å². The molecule has 1 aromatic rings. The lowest BCUT2D eigenvalue weighted by atomic mass is 10.0. The quantitative estimate of drug-likeness (QED) is 0.786. The highest BCUT2D eigenvalue weighted by molar-refractivity contribution is 5.31. The van der Waals surface area contributed by atoms with Crippen molar-refractivity contribution in [2.45, 2.75) is 33.7 Å². The van der Waals surface area contributed by atoms with Gasteiger partial charge in [-0.1, -0.05) is 18.6 Å². The lowest BCUT2D eigenvalue weighted by Gasteiger charge is -2.17. The zero-order valence-electron chi connectivity index (χ0n) is 10.8. The van der Waals surface area contributed by atoms with E-state index in [1.54, 1.807) is 13.0 Å². The van der Waals surface area contributed by atoms with Gasteiger partial charge in [0.1, 0.15) is 11.6 Å². The van der Waals surface area contributed by atoms with E-state index in [9.17, 15) is 8.78 Å². The molecule has 17 heavy (non-hydrogen) atoms. The van der Waals surface area contributed by atoms with Gasteiger partial charge in [0.15, 0.2) is 0 Å². The van der Waals surface area contributed by atoms with Crippen molar-refractivity contribution in [1.82, 2.24) is 5.32 Å². The summed E-state index contributed by atoms with van der Waals surface area (Å²) in [7, 11) is 0. The number of allylic oxidation sites excluding steroid dienone is 1. The molecule has 1 aromatic carbocycles. The second-order valence-corrected chi connectivity index (χ2v) is 4.40. The number of hydrogen-bond donors (Lipinski definition) is 1. The van der Waals surface area contributed by atoms with Gasteiger partial charge in [-0.05, 0) is 38.9 Å². The second kappa shape index (κ2) is 5.92. The van der Waals surface area contributed by atoms with Gasteiger partial charge in [0.05, 0.1) is 6.04 Å². The summed E-state index contributed by atoms with van der Waals surface area (Å²) in [6.45, 7) is 8.24. The Morgan fingerprint density at radius 1 is 1.29 bits per heavy atom. The van der Waals surface area contributed by atoms with Crippen LogP contribution in [0.3, 0.4) is 0 Å². The largest absolute Gasteiger partial charge is 0.307 e. The number of rotatable bonds is 4. The van der Waals surface area contributed by atoms with Crippen molar-refractivity contribution in [1.29, 1.82) is 0 Å². The summed E-state index contributed by atoms with van der Waals surface area (Å²) in [6.07, 6.45) is 1.94. The van der Waals surface area contributed by atoms with Gasteiger partial charge in [-0.2, -0.15) is 0 Å². The molecule has 0 radical (unpaired) electrons. The van der Waals surface area contributed by atoms with Crippen LogP contribution in [-0.4, -0.2) is 6.54 Å². The summed E-state index contributed by atoms with van der Waals surface area (Å²) in [5.74, 6) is -1.00. The summed E-state index contributed by atoms with van der Waals surface area (Å²) in [4.78, 5) is 0. The van der Waals surface area contributed by atoms with Crippen LogP contribution in [0.15, 0.2) is 23.8 Å². The SMILES string of the molecule is CCNC(C=C(C)C)c1cc(C)c(F)cc1F. The molecule has 0 spiro atoms. The molecule has 1 unspecified atom stereocenters. The molecule has 0 saturated heterocycles. The Kier molecular flexibility index (Phi) is 4.82. The van der Waals surface area contributed by atoms with Crippen molar-refractivity contribution in [2.75, 3.05) is 6.54 Å². The Labute approximate surface area is 102 Å². The van der Waals surface area contributed by atoms with Crippen molar-refractivity contribution in [3.63, 3.8) is 0 Å². The summed E-state index contributed by atoms with van der Waals surface area (Å²) >= 11 is 0. The lowest BCUT2D eigenvalue weighted by molar-refractivity contribution is 0.542. The van der Waals surface area contributed by atoms with Gasteiger partial charge < -0.3 is 5.32 Å². The molecular formula is C14H19F2N. The summed E-state index contributed by atoms with van der Waals surface area (Å²) < 4.78 is 26.9. The van der Waals surface area contributed by atoms with E-state index in [2.05, 4.69) is 5.32 Å². The molecular weight excluding hydrogens is 220 g/mol. The fraction of sp³-hybridized carbons (Fsp3) is 0.429. The van der Waals surface area contributed by atoms with Crippen molar-refractivity contribution < 1.29 is 8.78 Å². The van der Waals surface area contributed by atoms with E-state index in [1.165, 1.54) is 0 Å². The van der Waals surface area contributed by atoms with Crippen LogP contribution in [0.1, 0.15) is 37.9 Å². The number of aryl methyl sites for hydroxylation is 1. The molecule has 3 heteroatoms. The van der Waals surface area contributed by atoms with E-state index < -0.39 is 11.6 Å². The topological polar surface area (TPSA) is 12.0 Å². The summed E-state index contributed by atoms with van der Waals surface area (Å²) in [6, 6.07) is 2.31. The first kappa shape index (κ1) is 13.8. The third-order valence-electron chi connectivity index (χ3n) is 2.54. The van der Waals surface area contributed by atoms with E-state index in [0.29, 0.717) is 11.1 Å². The second-order valence-electron chi connectivity index (χ2n) is 4.40. The Morgan fingerprint density at radius 3 is 2.47 bits per heavy atom. The summed E-state index contributed by atoms with van der Waals surface area (Å²) in [5.41, 5.74) is 2.05. The standard InChI is InChI=1S/C14H19F2N/c1-5-17-14(6-9(2)3)11-7-10(4)12(15)8-13(11)16/h6-8,14,17H,5H2,1-4H3. The van der Waals surface area contributed by atoms with Crippen LogP contribution in [-0.2, 0) is 0 Å². The molecule has 0 amide bonds. The molecule has 94 valence electrons. The van der Waals surface area contributed by atoms with Crippen LogP contribution >= 0.6 is 0 Å². The molecule has 0 bridgehead atoms. The van der Waals surface area contributed by atoms with Crippen molar-refractivity contribution in [2.24, 2.45) is 0 Å². The summed E-state index contributed by atoms with van der Waals surface area (Å²) in [5, 5.41) is 3.18. The first-order valence-corrected chi connectivity index (χ1v) is 5.79. The Hall–Kier alpha value is -1.22. The third-order valence-corrected chi connectivity index (χ3v) is 2.54. The van der Waals surface area contributed by atoms with Gasteiger partial charge in [-0.25, -0.2) is 8.78 Å². The average Bonchev–Trinajstić information content (AvgIpc) is 2.22. The van der Waals surface area contributed by atoms with E-state index in [1.807, 2.05) is 26.8 Å². The highest BCUT2D eigenvalue weighted by Crippen LogP contribution is 2.22. The first-order valence-electron chi connectivity index (χ1n) is 5.79. The fourth-order valence-electron chi connectivity index (χ4n) is 1.73. The number of hydrogen-bond acceptors (Lipinski definition) is 1. The van der Waals surface area contributed by atoms with Crippen LogP contribution in [0.2, 0.25) is 0 Å². The van der Waals surface area contributed by atoms with Crippen molar-refractivity contribution in [3.05, 3.63) is 46.5 Å².